The van der Waals surface area contributed by atoms with Crippen LogP contribution in [0.4, 0.5) is 0 Å². The topological polar surface area (TPSA) is 34.2 Å². The lowest BCUT2D eigenvalue weighted by molar-refractivity contribution is 0.300. The van der Waals surface area contributed by atoms with Crippen LogP contribution in [0, 0.1) is 0 Å². The van der Waals surface area contributed by atoms with Crippen LogP contribution in [0.1, 0.15) is 25.0 Å². The van der Waals surface area contributed by atoms with E-state index in [4.69, 9.17) is 4.74 Å². The Morgan fingerprint density at radius 2 is 1.95 bits per heavy atom. The fraction of sp³-hybridized carbons (Fsp3) is 0.312. The number of hydrogen-bond donors (Lipinski definition) is 1. The molecule has 0 fully saturated rings. The molecule has 2 aromatic rings. The molecule has 0 aliphatic heterocycles. The molecular weight excluding hydrogens is 236 g/mol. The van der Waals surface area contributed by atoms with E-state index in [0.717, 1.165) is 23.4 Å². The molecule has 19 heavy (non-hydrogen) atoms. The van der Waals surface area contributed by atoms with Gasteiger partial charge >= 0.3 is 0 Å². The molecule has 0 radical (unpaired) electrons. The van der Waals surface area contributed by atoms with Crippen molar-refractivity contribution in [1.82, 2.24) is 10.3 Å². The molecule has 0 atom stereocenters. The van der Waals surface area contributed by atoms with Gasteiger partial charge in [0.1, 0.15) is 12.4 Å². The van der Waals surface area contributed by atoms with Gasteiger partial charge < -0.3 is 10.1 Å². The Morgan fingerprint density at radius 1 is 1.16 bits per heavy atom. The molecule has 0 bridgehead atoms. The maximum atomic E-state index is 5.85. The third kappa shape index (κ3) is 4.38. The van der Waals surface area contributed by atoms with Gasteiger partial charge in [-0.25, -0.2) is 0 Å². The maximum Gasteiger partial charge on any atom is 0.142 e. The molecule has 3 heteroatoms. The average molecular weight is 256 g/mol. The first-order chi connectivity index (χ1) is 9.25. The molecular formula is C16H20N2O. The molecule has 0 saturated heterocycles. The van der Waals surface area contributed by atoms with Crippen molar-refractivity contribution in [2.45, 2.75) is 33.0 Å². The number of hydrogen-bond acceptors (Lipinski definition) is 3. The van der Waals surface area contributed by atoms with Crippen molar-refractivity contribution >= 4 is 0 Å². The molecule has 1 heterocycles. The highest BCUT2D eigenvalue weighted by molar-refractivity contribution is 5.30. The molecule has 3 nitrogen and oxygen atoms in total. The second-order valence-electron chi connectivity index (χ2n) is 4.79. The second kappa shape index (κ2) is 6.90. The first-order valence-electron chi connectivity index (χ1n) is 6.58. The number of benzene rings is 1. The summed E-state index contributed by atoms with van der Waals surface area (Å²) in [5.41, 5.74) is 2.30. The standard InChI is InChI=1S/C16H20N2O/c1-13(2)18-10-15-8-9-17-11-16(15)19-12-14-6-4-3-5-7-14/h3-9,11,13,18H,10,12H2,1-2H3. The zero-order valence-corrected chi connectivity index (χ0v) is 11.5. The van der Waals surface area contributed by atoms with E-state index >= 15 is 0 Å². The van der Waals surface area contributed by atoms with Gasteiger partial charge in [0.15, 0.2) is 0 Å². The van der Waals surface area contributed by atoms with Gasteiger partial charge in [-0.15, -0.1) is 0 Å². The van der Waals surface area contributed by atoms with Crippen LogP contribution < -0.4 is 10.1 Å². The first-order valence-corrected chi connectivity index (χ1v) is 6.58. The van der Waals surface area contributed by atoms with Crippen LogP contribution >= 0.6 is 0 Å². The van der Waals surface area contributed by atoms with Gasteiger partial charge in [0, 0.05) is 24.3 Å². The quantitative estimate of drug-likeness (QED) is 0.862. The predicted octanol–water partition coefficient (Wildman–Crippen LogP) is 3.16. The molecule has 0 unspecified atom stereocenters. The van der Waals surface area contributed by atoms with Crippen molar-refractivity contribution in [3.05, 3.63) is 59.9 Å². The number of aromatic nitrogens is 1. The van der Waals surface area contributed by atoms with Crippen molar-refractivity contribution in [1.29, 1.82) is 0 Å². The lowest BCUT2D eigenvalue weighted by Gasteiger charge is -2.13. The minimum absolute atomic E-state index is 0.454. The Labute approximate surface area is 114 Å². The van der Waals surface area contributed by atoms with E-state index in [1.165, 1.54) is 0 Å². The van der Waals surface area contributed by atoms with Gasteiger partial charge in [0.05, 0.1) is 6.20 Å². The summed E-state index contributed by atoms with van der Waals surface area (Å²) in [6.45, 7) is 5.63. The first kappa shape index (κ1) is 13.6. The minimum Gasteiger partial charge on any atom is -0.487 e. The molecule has 1 N–H and O–H groups in total. The Balaban J connectivity index is 1.99. The Kier molecular flexibility index (Phi) is 4.93. The zero-order valence-electron chi connectivity index (χ0n) is 11.5. The average Bonchev–Trinajstić information content (AvgIpc) is 2.45. The Morgan fingerprint density at radius 3 is 2.68 bits per heavy atom. The van der Waals surface area contributed by atoms with Crippen molar-refractivity contribution < 1.29 is 4.74 Å². The number of pyridine rings is 1. The van der Waals surface area contributed by atoms with Crippen LogP contribution in [0.25, 0.3) is 0 Å². The van der Waals surface area contributed by atoms with E-state index in [0.29, 0.717) is 12.6 Å². The smallest absolute Gasteiger partial charge is 0.142 e. The normalized spacial score (nSPS) is 10.7. The molecule has 1 aromatic carbocycles. The zero-order chi connectivity index (χ0) is 13.5. The number of rotatable bonds is 6. The van der Waals surface area contributed by atoms with Gasteiger partial charge in [-0.2, -0.15) is 0 Å². The summed E-state index contributed by atoms with van der Waals surface area (Å²) >= 11 is 0. The summed E-state index contributed by atoms with van der Waals surface area (Å²) in [7, 11) is 0. The molecule has 0 aliphatic carbocycles. The maximum absolute atomic E-state index is 5.85. The Bertz CT molecular complexity index is 497. The van der Waals surface area contributed by atoms with E-state index in [-0.39, 0.29) is 0 Å². The summed E-state index contributed by atoms with van der Waals surface area (Å²) in [5, 5.41) is 3.39. The van der Waals surface area contributed by atoms with E-state index in [9.17, 15) is 0 Å². The number of ether oxygens (including phenoxy) is 1. The van der Waals surface area contributed by atoms with E-state index in [1.54, 1.807) is 12.4 Å². The van der Waals surface area contributed by atoms with Gasteiger partial charge in [0.2, 0.25) is 0 Å². The van der Waals surface area contributed by atoms with Gasteiger partial charge in [-0.1, -0.05) is 44.2 Å². The van der Waals surface area contributed by atoms with E-state index in [2.05, 4.69) is 36.3 Å². The molecule has 0 spiro atoms. The van der Waals surface area contributed by atoms with E-state index in [1.807, 2.05) is 24.3 Å². The third-order valence-electron chi connectivity index (χ3n) is 2.81. The highest BCUT2D eigenvalue weighted by atomic mass is 16.5. The summed E-state index contributed by atoms with van der Waals surface area (Å²) in [4.78, 5) is 4.13. The SMILES string of the molecule is CC(C)NCc1ccncc1OCc1ccccc1. The van der Waals surface area contributed by atoms with Crippen LogP contribution in [0.5, 0.6) is 5.75 Å². The highest BCUT2D eigenvalue weighted by Crippen LogP contribution is 2.18. The monoisotopic (exact) mass is 256 g/mol. The fourth-order valence-corrected chi connectivity index (χ4v) is 1.73. The van der Waals surface area contributed by atoms with Gasteiger partial charge in [-0.3, -0.25) is 4.98 Å². The molecule has 1 aromatic heterocycles. The molecule has 0 amide bonds. The van der Waals surface area contributed by atoms with Crippen LogP contribution in [0.3, 0.4) is 0 Å². The van der Waals surface area contributed by atoms with Crippen molar-refractivity contribution in [3.8, 4) is 5.75 Å². The van der Waals surface area contributed by atoms with E-state index < -0.39 is 0 Å². The lowest BCUT2D eigenvalue weighted by Crippen LogP contribution is -2.22. The minimum atomic E-state index is 0.454. The van der Waals surface area contributed by atoms with Gasteiger partial charge in [0.25, 0.3) is 0 Å². The highest BCUT2D eigenvalue weighted by Gasteiger charge is 2.04. The molecule has 0 saturated carbocycles. The van der Waals surface area contributed by atoms with Crippen molar-refractivity contribution in [2.75, 3.05) is 0 Å². The Hall–Kier alpha value is -1.87. The largest absolute Gasteiger partial charge is 0.487 e. The number of nitrogens with one attached hydrogen (secondary N) is 1. The molecule has 2 rings (SSSR count). The summed E-state index contributed by atoms with van der Waals surface area (Å²) in [5.74, 6) is 0.847. The van der Waals surface area contributed by atoms with Crippen LogP contribution in [0.2, 0.25) is 0 Å². The second-order valence-corrected chi connectivity index (χ2v) is 4.79. The van der Waals surface area contributed by atoms with Crippen LogP contribution in [0.15, 0.2) is 48.8 Å². The van der Waals surface area contributed by atoms with Gasteiger partial charge in [-0.05, 0) is 11.6 Å². The lowest BCUT2D eigenvalue weighted by atomic mass is 10.2. The summed E-state index contributed by atoms with van der Waals surface area (Å²) in [6.07, 6.45) is 3.58. The van der Waals surface area contributed by atoms with Crippen LogP contribution in [-0.2, 0) is 13.2 Å². The molecule has 100 valence electrons. The fourth-order valence-electron chi connectivity index (χ4n) is 1.73. The van der Waals surface area contributed by atoms with Crippen molar-refractivity contribution in [2.24, 2.45) is 0 Å². The predicted molar refractivity (Wildman–Crippen MR) is 77.0 cm³/mol. The third-order valence-corrected chi connectivity index (χ3v) is 2.81. The van der Waals surface area contributed by atoms with Crippen LogP contribution in [-0.4, -0.2) is 11.0 Å². The summed E-state index contributed by atoms with van der Waals surface area (Å²) in [6, 6.07) is 12.6. The molecule has 0 aliphatic rings. The number of nitrogens with zero attached hydrogens (tertiary/aromatic N) is 1. The summed E-state index contributed by atoms with van der Waals surface area (Å²) < 4.78 is 5.85. The van der Waals surface area contributed by atoms with Crippen molar-refractivity contribution in [3.63, 3.8) is 0 Å².